The number of nitrogens with two attached hydrogens (primary N) is 1. The number of rotatable bonds is 2. The van der Waals surface area contributed by atoms with Gasteiger partial charge in [0.1, 0.15) is 17.6 Å². The highest BCUT2D eigenvalue weighted by atomic mass is 14.9. The molecule has 0 rings (SSSR count). The third-order valence-corrected chi connectivity index (χ3v) is 0.682. The molecular weight excluding hydrogens is 128 g/mol. The lowest BCUT2D eigenvalue weighted by molar-refractivity contribution is 1.21. The molecule has 0 bridgehead atoms. The second-order valence-corrected chi connectivity index (χ2v) is 1.55. The summed E-state index contributed by atoms with van der Waals surface area (Å²) in [5, 5.41) is 8.24. The Morgan fingerprint density at radius 3 is 2.80 bits per heavy atom. The summed E-state index contributed by atoms with van der Waals surface area (Å²) in [6.07, 6.45) is 1.28. The normalized spacial score (nSPS) is 12.4. The van der Waals surface area contributed by atoms with Gasteiger partial charge in [-0.2, -0.15) is 5.26 Å². The van der Waals surface area contributed by atoms with E-state index in [9.17, 15) is 0 Å². The van der Waals surface area contributed by atoms with Gasteiger partial charge in [-0.05, 0) is 13.6 Å². The van der Waals surface area contributed by atoms with E-state index < -0.39 is 0 Å². The van der Waals surface area contributed by atoms with Gasteiger partial charge in [0.05, 0.1) is 6.20 Å². The minimum absolute atomic E-state index is 0.189. The van der Waals surface area contributed by atoms with E-state index in [1.165, 1.54) is 6.20 Å². The highest BCUT2D eigenvalue weighted by Gasteiger charge is 1.85. The summed E-state index contributed by atoms with van der Waals surface area (Å²) in [7, 11) is 0. The third kappa shape index (κ3) is 3.38. The largest absolute Gasteiger partial charge is 0.382 e. The highest BCUT2D eigenvalue weighted by molar-refractivity contribution is 5.96. The number of hydrogen-bond acceptors (Lipinski definition) is 4. The van der Waals surface area contributed by atoms with Gasteiger partial charge in [0.25, 0.3) is 0 Å². The van der Waals surface area contributed by atoms with Crippen molar-refractivity contribution in [3.8, 4) is 6.07 Å². The third-order valence-electron chi connectivity index (χ3n) is 0.682. The fourth-order valence-corrected chi connectivity index (χ4v) is 0.341. The molecule has 0 saturated heterocycles. The summed E-state index contributed by atoms with van der Waals surface area (Å²) in [5.41, 5.74) is 5.55. The van der Waals surface area contributed by atoms with E-state index in [-0.39, 0.29) is 5.82 Å². The van der Waals surface area contributed by atoms with Gasteiger partial charge in [0, 0.05) is 0 Å². The number of aliphatic imine (C=N–C) groups is 2. The Labute approximate surface area is 59.4 Å². The number of nitrogens with zero attached hydrogens (tertiary/aromatic N) is 3. The van der Waals surface area contributed by atoms with E-state index in [1.54, 1.807) is 6.92 Å². The average Bonchev–Trinajstić information content (AvgIpc) is 1.88. The maximum atomic E-state index is 8.24. The molecule has 52 valence electrons. The fraction of sp³-hybridized carbons (Fsp3) is 0.167. The summed E-state index contributed by atoms with van der Waals surface area (Å²) in [5.74, 6) is 0.189. The number of hydrogen-bond donors (Lipinski definition) is 1. The topological polar surface area (TPSA) is 74.5 Å². The van der Waals surface area contributed by atoms with Gasteiger partial charge in [0.15, 0.2) is 0 Å². The molecule has 0 fully saturated rings. The first-order chi connectivity index (χ1) is 4.70. The Hall–Kier alpha value is -1.63. The fourth-order valence-electron chi connectivity index (χ4n) is 0.341. The molecule has 4 nitrogen and oxygen atoms in total. The maximum Gasteiger partial charge on any atom is 0.142 e. The van der Waals surface area contributed by atoms with Crippen LogP contribution < -0.4 is 5.73 Å². The van der Waals surface area contributed by atoms with Crippen molar-refractivity contribution in [2.75, 3.05) is 0 Å². The molecule has 10 heavy (non-hydrogen) atoms. The molecule has 0 aliphatic rings. The molecule has 0 aromatic heterocycles. The van der Waals surface area contributed by atoms with Crippen molar-refractivity contribution in [3.05, 3.63) is 12.0 Å². The van der Waals surface area contributed by atoms with Crippen LogP contribution in [0.1, 0.15) is 6.92 Å². The number of nitriles is 1. The summed E-state index contributed by atoms with van der Waals surface area (Å²) < 4.78 is 0. The van der Waals surface area contributed by atoms with Crippen molar-refractivity contribution in [1.29, 1.82) is 5.26 Å². The monoisotopic (exact) mass is 136 g/mol. The molecule has 0 aromatic rings. The Kier molecular flexibility index (Phi) is 3.57. The van der Waals surface area contributed by atoms with Crippen molar-refractivity contribution < 1.29 is 0 Å². The zero-order valence-corrected chi connectivity index (χ0v) is 5.70. The lowest BCUT2D eigenvalue weighted by Gasteiger charge is -1.87. The molecule has 0 saturated carbocycles. The highest BCUT2D eigenvalue weighted by Crippen LogP contribution is 1.87. The minimum Gasteiger partial charge on any atom is -0.382 e. The van der Waals surface area contributed by atoms with Crippen LogP contribution in [0.3, 0.4) is 0 Å². The summed E-state index contributed by atoms with van der Waals surface area (Å²) >= 11 is 0. The molecule has 0 heterocycles. The van der Waals surface area contributed by atoms with Crippen molar-refractivity contribution in [2.24, 2.45) is 15.7 Å². The van der Waals surface area contributed by atoms with Crippen molar-refractivity contribution >= 4 is 12.4 Å². The summed E-state index contributed by atoms with van der Waals surface area (Å²) in [6, 6.07) is 1.82. The molecule has 0 radical (unpaired) electrons. The second-order valence-electron chi connectivity index (χ2n) is 1.55. The standard InChI is InChI=1S/C6H8N4/c1-5(3-7)10-6(8)4-9-2/h4H,2,8H2,1H3/b6-4-,10-5+. The van der Waals surface area contributed by atoms with Crippen molar-refractivity contribution in [1.82, 2.24) is 0 Å². The second kappa shape index (κ2) is 4.27. The molecule has 0 unspecified atom stereocenters. The van der Waals surface area contributed by atoms with E-state index in [0.29, 0.717) is 5.71 Å². The van der Waals surface area contributed by atoms with E-state index in [4.69, 9.17) is 11.0 Å². The van der Waals surface area contributed by atoms with Crippen molar-refractivity contribution in [3.63, 3.8) is 0 Å². The van der Waals surface area contributed by atoms with Gasteiger partial charge in [-0.1, -0.05) is 0 Å². The smallest absolute Gasteiger partial charge is 0.142 e. The van der Waals surface area contributed by atoms with Gasteiger partial charge in [-0.15, -0.1) is 0 Å². The molecule has 4 heteroatoms. The first-order valence-electron chi connectivity index (χ1n) is 2.57. The molecular formula is C6H8N4. The predicted molar refractivity (Wildman–Crippen MR) is 40.5 cm³/mol. The minimum atomic E-state index is 0.189. The summed E-state index contributed by atoms with van der Waals surface area (Å²) in [6.45, 7) is 4.73. The first kappa shape index (κ1) is 8.37. The van der Waals surface area contributed by atoms with Crippen LogP contribution >= 0.6 is 0 Å². The van der Waals surface area contributed by atoms with Gasteiger partial charge < -0.3 is 5.73 Å². The maximum absolute atomic E-state index is 8.24. The Morgan fingerprint density at radius 2 is 2.40 bits per heavy atom. The molecule has 2 N–H and O–H groups in total. The molecule has 0 amide bonds. The first-order valence-corrected chi connectivity index (χ1v) is 2.57. The van der Waals surface area contributed by atoms with Crippen LogP contribution in [-0.4, -0.2) is 12.4 Å². The molecule has 0 aliphatic carbocycles. The molecule has 0 spiro atoms. The van der Waals surface area contributed by atoms with E-state index in [1.807, 2.05) is 6.07 Å². The van der Waals surface area contributed by atoms with Crippen LogP contribution in [0.2, 0.25) is 0 Å². The lowest BCUT2D eigenvalue weighted by atomic mass is 10.5. The van der Waals surface area contributed by atoms with Gasteiger partial charge in [0.2, 0.25) is 0 Å². The van der Waals surface area contributed by atoms with Crippen molar-refractivity contribution in [2.45, 2.75) is 6.92 Å². The lowest BCUT2D eigenvalue weighted by Crippen LogP contribution is -1.96. The quantitative estimate of drug-likeness (QED) is 0.559. The van der Waals surface area contributed by atoms with Gasteiger partial charge in [-0.3, -0.25) is 4.99 Å². The Balaban J connectivity index is 4.29. The zero-order chi connectivity index (χ0) is 7.98. The van der Waals surface area contributed by atoms with Crippen LogP contribution in [0.15, 0.2) is 22.0 Å². The van der Waals surface area contributed by atoms with E-state index in [2.05, 4.69) is 16.7 Å². The molecule has 0 aliphatic heterocycles. The van der Waals surface area contributed by atoms with E-state index >= 15 is 0 Å². The van der Waals surface area contributed by atoms with Gasteiger partial charge >= 0.3 is 0 Å². The van der Waals surface area contributed by atoms with E-state index in [0.717, 1.165) is 0 Å². The Bertz CT molecular complexity index is 218. The molecule has 0 aromatic carbocycles. The predicted octanol–water partition coefficient (Wildman–Crippen LogP) is 0.429. The van der Waals surface area contributed by atoms with Crippen LogP contribution in [0.5, 0.6) is 0 Å². The van der Waals surface area contributed by atoms with Crippen LogP contribution in [0, 0.1) is 11.3 Å². The molecule has 0 atom stereocenters. The Morgan fingerprint density at radius 1 is 1.80 bits per heavy atom. The van der Waals surface area contributed by atoms with Crippen LogP contribution in [0.25, 0.3) is 0 Å². The van der Waals surface area contributed by atoms with Crippen LogP contribution in [0.4, 0.5) is 0 Å². The average molecular weight is 136 g/mol. The SMILES string of the molecule is C=N/C=C(N)\N=C(/C)C#N. The zero-order valence-electron chi connectivity index (χ0n) is 5.70. The van der Waals surface area contributed by atoms with Gasteiger partial charge in [-0.25, -0.2) is 4.99 Å². The van der Waals surface area contributed by atoms with Crippen LogP contribution in [-0.2, 0) is 0 Å². The summed E-state index contributed by atoms with van der Waals surface area (Å²) in [4.78, 5) is 7.02.